The molecule has 10 nitrogen and oxygen atoms in total. The fraction of sp³-hybridized carbons (Fsp3) is 0.405. The van der Waals surface area contributed by atoms with Gasteiger partial charge >= 0.3 is 5.97 Å². The zero-order chi connectivity index (χ0) is 35.7. The SMILES string of the molecule is C.Cc1cccc(N2CCN(C(=O)C3Cc4ccc(C#N)cc4C3)CC2)n1.Cc1cccc(N2CCNCC2)n1.O=C(O)C1Cc2ccccc2C1. The van der Waals surface area contributed by atoms with Crippen LogP contribution in [0.4, 0.5) is 11.6 Å². The highest BCUT2D eigenvalue weighted by molar-refractivity contribution is 5.81. The van der Waals surface area contributed by atoms with Crippen LogP contribution >= 0.6 is 0 Å². The van der Waals surface area contributed by atoms with E-state index < -0.39 is 5.97 Å². The number of carboxylic acid groups (broad SMARTS) is 1. The second-order valence-electron chi connectivity index (χ2n) is 13.7. The maximum Gasteiger partial charge on any atom is 0.307 e. The Kier molecular flexibility index (Phi) is 13.0. The Bertz CT molecular complexity index is 1850. The molecule has 2 fully saturated rings. The highest BCUT2D eigenvalue weighted by atomic mass is 16.4. The zero-order valence-electron chi connectivity index (χ0n) is 29.6. The molecule has 1 atom stereocenters. The molecule has 1 amide bonds. The van der Waals surface area contributed by atoms with E-state index in [1.54, 1.807) is 0 Å². The number of amides is 1. The topological polar surface area (TPSA) is 126 Å². The van der Waals surface area contributed by atoms with E-state index in [1.165, 1.54) is 16.7 Å². The quantitative estimate of drug-likeness (QED) is 0.294. The maximum absolute atomic E-state index is 12.9. The molecule has 2 N–H and O–H groups in total. The molecule has 0 saturated carbocycles. The molecule has 1 unspecified atom stereocenters. The molecule has 4 heterocycles. The monoisotopic (exact) mass is 701 g/mol. The van der Waals surface area contributed by atoms with E-state index in [9.17, 15) is 9.59 Å². The van der Waals surface area contributed by atoms with Crippen molar-refractivity contribution >= 4 is 23.5 Å². The first-order chi connectivity index (χ1) is 24.8. The van der Waals surface area contributed by atoms with Crippen molar-refractivity contribution in [2.75, 3.05) is 62.2 Å². The summed E-state index contributed by atoms with van der Waals surface area (Å²) in [6.07, 6.45) is 2.94. The fourth-order valence-electron chi connectivity index (χ4n) is 7.31. The van der Waals surface area contributed by atoms with Crippen LogP contribution in [0.25, 0.3) is 0 Å². The number of carbonyl (C=O) groups is 2. The fourth-order valence-corrected chi connectivity index (χ4v) is 7.31. The van der Waals surface area contributed by atoms with E-state index in [0.717, 1.165) is 93.8 Å². The van der Waals surface area contributed by atoms with Crippen molar-refractivity contribution in [1.29, 1.82) is 5.26 Å². The van der Waals surface area contributed by atoms with Crippen LogP contribution in [0.1, 0.15) is 46.6 Å². The molecule has 2 aromatic heterocycles. The third kappa shape index (κ3) is 9.53. The molecule has 272 valence electrons. The van der Waals surface area contributed by atoms with Crippen molar-refractivity contribution in [3.05, 3.63) is 118 Å². The number of pyridine rings is 2. The van der Waals surface area contributed by atoms with E-state index in [4.69, 9.17) is 10.4 Å². The smallest absolute Gasteiger partial charge is 0.307 e. The van der Waals surface area contributed by atoms with Gasteiger partial charge in [0.25, 0.3) is 0 Å². The molecule has 0 spiro atoms. The average molecular weight is 702 g/mol. The Morgan fingerprint density at radius 2 is 1.21 bits per heavy atom. The van der Waals surface area contributed by atoms with E-state index in [0.29, 0.717) is 18.4 Å². The predicted octanol–water partition coefficient (Wildman–Crippen LogP) is 5.25. The summed E-state index contributed by atoms with van der Waals surface area (Å²) in [7, 11) is 0. The first-order valence-corrected chi connectivity index (χ1v) is 18.0. The maximum atomic E-state index is 12.9. The Balaban J connectivity index is 0.000000168. The van der Waals surface area contributed by atoms with Gasteiger partial charge in [0.05, 0.1) is 17.6 Å². The number of benzene rings is 2. The highest BCUT2D eigenvalue weighted by Gasteiger charge is 2.32. The van der Waals surface area contributed by atoms with Crippen LogP contribution in [0.5, 0.6) is 0 Å². The number of nitrogens with one attached hydrogen (secondary N) is 1. The van der Waals surface area contributed by atoms with Crippen molar-refractivity contribution in [3.8, 4) is 6.07 Å². The van der Waals surface area contributed by atoms with Crippen LogP contribution in [-0.4, -0.2) is 84.2 Å². The number of aryl methyl sites for hydroxylation is 2. The predicted molar refractivity (Wildman–Crippen MR) is 206 cm³/mol. The second kappa shape index (κ2) is 17.8. The molecular formula is C42H51N7O3. The molecule has 4 aliphatic rings. The van der Waals surface area contributed by atoms with E-state index in [2.05, 4.69) is 43.3 Å². The summed E-state index contributed by atoms with van der Waals surface area (Å²) < 4.78 is 0. The molecule has 52 heavy (non-hydrogen) atoms. The minimum Gasteiger partial charge on any atom is -0.481 e. The lowest BCUT2D eigenvalue weighted by molar-refractivity contribution is -0.141. The van der Waals surface area contributed by atoms with Gasteiger partial charge < -0.3 is 25.1 Å². The van der Waals surface area contributed by atoms with Crippen molar-refractivity contribution in [3.63, 3.8) is 0 Å². The number of nitrogens with zero attached hydrogens (tertiary/aromatic N) is 6. The first-order valence-electron chi connectivity index (χ1n) is 18.0. The van der Waals surface area contributed by atoms with E-state index in [1.807, 2.05) is 85.5 Å². The third-order valence-electron chi connectivity index (χ3n) is 10.1. The summed E-state index contributed by atoms with van der Waals surface area (Å²) in [4.78, 5) is 39.3. The number of aliphatic carboxylic acids is 1. The number of hydrogen-bond donors (Lipinski definition) is 2. The molecule has 0 bridgehead atoms. The van der Waals surface area contributed by atoms with Crippen molar-refractivity contribution in [2.45, 2.75) is 47.0 Å². The summed E-state index contributed by atoms with van der Waals surface area (Å²) in [5, 5.41) is 21.2. The summed E-state index contributed by atoms with van der Waals surface area (Å²) >= 11 is 0. The molecule has 4 aromatic rings. The third-order valence-corrected chi connectivity index (χ3v) is 10.1. The number of aromatic nitrogens is 2. The minimum atomic E-state index is -0.675. The van der Waals surface area contributed by atoms with Crippen LogP contribution < -0.4 is 15.1 Å². The van der Waals surface area contributed by atoms with Gasteiger partial charge in [0.15, 0.2) is 0 Å². The Morgan fingerprint density at radius 1 is 0.692 bits per heavy atom. The van der Waals surface area contributed by atoms with Gasteiger partial charge in [-0.1, -0.05) is 49.9 Å². The largest absolute Gasteiger partial charge is 0.481 e. The number of nitriles is 1. The Labute approximate surface area is 308 Å². The van der Waals surface area contributed by atoms with Gasteiger partial charge in [-0.25, -0.2) is 9.97 Å². The molecule has 2 aliphatic heterocycles. The van der Waals surface area contributed by atoms with Gasteiger partial charge in [0, 0.05) is 69.7 Å². The lowest BCUT2D eigenvalue weighted by Crippen LogP contribution is -2.50. The first kappa shape index (κ1) is 38.0. The number of anilines is 2. The molecule has 10 heteroatoms. The molecule has 0 radical (unpaired) electrons. The Hall–Kier alpha value is -5.27. The van der Waals surface area contributed by atoms with Crippen molar-refractivity contribution in [1.82, 2.24) is 20.2 Å². The van der Waals surface area contributed by atoms with Crippen LogP contribution in [0, 0.1) is 37.0 Å². The van der Waals surface area contributed by atoms with Gasteiger partial charge in [-0.15, -0.1) is 0 Å². The average Bonchev–Trinajstić information content (AvgIpc) is 3.80. The van der Waals surface area contributed by atoms with E-state index >= 15 is 0 Å². The summed E-state index contributed by atoms with van der Waals surface area (Å²) in [6, 6.07) is 28.2. The molecular weight excluding hydrogens is 651 g/mol. The van der Waals surface area contributed by atoms with Gasteiger partial charge in [0.1, 0.15) is 11.6 Å². The lowest BCUT2D eigenvalue weighted by atomic mass is 10.0. The number of hydrogen-bond acceptors (Lipinski definition) is 8. The number of carboxylic acids is 1. The van der Waals surface area contributed by atoms with Crippen LogP contribution in [-0.2, 0) is 35.3 Å². The van der Waals surface area contributed by atoms with Crippen molar-refractivity contribution < 1.29 is 14.7 Å². The number of carbonyl (C=O) groups excluding carboxylic acids is 1. The molecule has 2 aromatic carbocycles. The summed E-state index contributed by atoms with van der Waals surface area (Å²) in [5.74, 6) is 1.50. The standard InChI is InChI=1S/C21H22N4O.C10H15N3.C10H10O2.CH4/c1-15-3-2-4-20(23-15)24-7-9-25(10-8-24)21(26)19-12-17-6-5-16(14-22)11-18(17)13-19;1-9-3-2-4-10(12-9)13-7-5-11-6-8-13;11-10(12)9-5-7-3-1-2-4-8(7)6-9;/h2-6,11,19H,7-10,12-13H2,1H3;2-4,11H,5-8H2,1H3;1-4,9H,5-6H2,(H,11,12);1H4. The van der Waals surface area contributed by atoms with E-state index in [-0.39, 0.29) is 25.2 Å². The number of rotatable bonds is 4. The number of piperazine rings is 2. The Morgan fingerprint density at radius 3 is 1.75 bits per heavy atom. The normalized spacial score (nSPS) is 17.6. The summed E-state index contributed by atoms with van der Waals surface area (Å²) in [6.45, 7) is 11.4. The molecule has 2 aliphatic carbocycles. The molecule has 8 rings (SSSR count). The van der Waals surface area contributed by atoms with Crippen LogP contribution in [0.2, 0.25) is 0 Å². The number of fused-ring (bicyclic) bond motifs is 2. The lowest BCUT2D eigenvalue weighted by Gasteiger charge is -2.36. The summed E-state index contributed by atoms with van der Waals surface area (Å²) in [5.41, 5.74) is 7.55. The molecule has 2 saturated heterocycles. The zero-order valence-corrected chi connectivity index (χ0v) is 29.6. The second-order valence-corrected chi connectivity index (χ2v) is 13.7. The van der Waals surface area contributed by atoms with Crippen molar-refractivity contribution in [2.24, 2.45) is 11.8 Å². The minimum absolute atomic E-state index is 0. The van der Waals surface area contributed by atoms with Crippen LogP contribution in [0.15, 0.2) is 78.9 Å². The van der Waals surface area contributed by atoms with Gasteiger partial charge in [-0.3, -0.25) is 9.59 Å². The highest BCUT2D eigenvalue weighted by Crippen LogP contribution is 2.30. The van der Waals surface area contributed by atoms with Gasteiger partial charge in [-0.2, -0.15) is 5.26 Å². The van der Waals surface area contributed by atoms with Gasteiger partial charge in [0.2, 0.25) is 5.91 Å². The van der Waals surface area contributed by atoms with Crippen LogP contribution in [0.3, 0.4) is 0 Å². The van der Waals surface area contributed by atoms with Gasteiger partial charge in [-0.05, 0) is 98.2 Å².